The second kappa shape index (κ2) is 7.71. The third-order valence-corrected chi connectivity index (χ3v) is 4.09. The summed E-state index contributed by atoms with van der Waals surface area (Å²) in [5, 5.41) is 14.3. The van der Waals surface area contributed by atoms with Gasteiger partial charge in [-0.15, -0.1) is 5.10 Å². The fourth-order valence-electron chi connectivity index (χ4n) is 2.71. The van der Waals surface area contributed by atoms with Crippen LogP contribution in [0.3, 0.4) is 0 Å². The van der Waals surface area contributed by atoms with Crippen LogP contribution in [0.1, 0.15) is 10.4 Å². The molecule has 1 aromatic heterocycles. The van der Waals surface area contributed by atoms with Gasteiger partial charge in [0, 0.05) is 23.9 Å². The van der Waals surface area contributed by atoms with Crippen molar-refractivity contribution in [3.63, 3.8) is 0 Å². The average molecular weight is 371 g/mol. The first-order valence-corrected chi connectivity index (χ1v) is 8.66. The zero-order chi connectivity index (χ0) is 19.3. The molecule has 0 spiro atoms. The van der Waals surface area contributed by atoms with Crippen LogP contribution in [0.25, 0.3) is 11.4 Å². The van der Waals surface area contributed by atoms with Crippen LogP contribution in [0.4, 0.5) is 5.69 Å². The third kappa shape index (κ3) is 3.88. The number of carbonyl (C=O) groups is 1. The number of nitrogens with zero attached hydrogens (tertiary/aromatic N) is 4. The molecular formula is C21H17N5O2. The van der Waals surface area contributed by atoms with Crippen LogP contribution in [0, 0.1) is 0 Å². The van der Waals surface area contributed by atoms with Crippen LogP contribution >= 0.6 is 0 Å². The molecule has 1 heterocycles. The molecule has 0 radical (unpaired) electrons. The normalized spacial score (nSPS) is 10.5. The lowest BCUT2D eigenvalue weighted by Crippen LogP contribution is -2.11. The first kappa shape index (κ1) is 17.4. The molecule has 0 aliphatic carbocycles. The number of ether oxygens (including phenoxy) is 1. The van der Waals surface area contributed by atoms with Crippen LogP contribution < -0.4 is 10.1 Å². The van der Waals surface area contributed by atoms with Gasteiger partial charge < -0.3 is 10.1 Å². The first-order valence-electron chi connectivity index (χ1n) is 8.66. The molecule has 0 aliphatic heterocycles. The van der Waals surface area contributed by atoms with Crippen molar-refractivity contribution >= 4 is 11.6 Å². The van der Waals surface area contributed by atoms with Gasteiger partial charge in [-0.3, -0.25) is 4.79 Å². The minimum absolute atomic E-state index is 0.209. The van der Waals surface area contributed by atoms with Crippen molar-refractivity contribution in [3.05, 3.63) is 84.4 Å². The largest absolute Gasteiger partial charge is 0.457 e. The van der Waals surface area contributed by atoms with Crippen molar-refractivity contribution in [2.75, 3.05) is 5.32 Å². The minimum atomic E-state index is -0.209. The summed E-state index contributed by atoms with van der Waals surface area (Å²) in [6.07, 6.45) is 0. The quantitative estimate of drug-likeness (QED) is 0.575. The summed E-state index contributed by atoms with van der Waals surface area (Å²) in [5.74, 6) is 1.83. The van der Waals surface area contributed by atoms with Crippen LogP contribution in [-0.2, 0) is 7.05 Å². The van der Waals surface area contributed by atoms with E-state index in [2.05, 4.69) is 20.8 Å². The fourth-order valence-corrected chi connectivity index (χ4v) is 2.71. The van der Waals surface area contributed by atoms with Crippen molar-refractivity contribution < 1.29 is 9.53 Å². The highest BCUT2D eigenvalue weighted by Crippen LogP contribution is 2.23. The van der Waals surface area contributed by atoms with E-state index in [0.29, 0.717) is 22.8 Å². The van der Waals surface area contributed by atoms with Crippen molar-refractivity contribution in [2.24, 2.45) is 7.05 Å². The lowest BCUT2D eigenvalue weighted by atomic mass is 10.1. The third-order valence-electron chi connectivity index (χ3n) is 4.09. The Hall–Kier alpha value is -4.00. The number of tetrazole rings is 1. The maximum absolute atomic E-state index is 12.6. The Kier molecular flexibility index (Phi) is 4.79. The molecule has 138 valence electrons. The summed E-state index contributed by atoms with van der Waals surface area (Å²) < 4.78 is 7.32. The topological polar surface area (TPSA) is 81.9 Å². The molecule has 0 saturated carbocycles. The average Bonchev–Trinajstić information content (AvgIpc) is 3.15. The number of anilines is 1. The zero-order valence-corrected chi connectivity index (χ0v) is 15.1. The number of aromatic nitrogens is 4. The van der Waals surface area contributed by atoms with Crippen molar-refractivity contribution in [1.82, 2.24) is 20.2 Å². The standard InChI is InChI=1S/C21H17N5O2/c1-26-20(23-24-25-26)16-6-5-7-17(14-16)22-21(27)15-10-12-19(13-11-15)28-18-8-3-2-4-9-18/h2-14H,1H3,(H,22,27). The molecule has 4 rings (SSSR count). The van der Waals surface area contributed by atoms with Gasteiger partial charge in [-0.25, -0.2) is 4.68 Å². The van der Waals surface area contributed by atoms with Crippen LogP contribution in [0.5, 0.6) is 11.5 Å². The van der Waals surface area contributed by atoms with E-state index in [1.165, 1.54) is 0 Å². The molecule has 4 aromatic rings. The van der Waals surface area contributed by atoms with E-state index >= 15 is 0 Å². The van der Waals surface area contributed by atoms with Crippen molar-refractivity contribution in [3.8, 4) is 22.9 Å². The Bertz CT molecular complexity index is 1090. The minimum Gasteiger partial charge on any atom is -0.457 e. The van der Waals surface area contributed by atoms with E-state index < -0.39 is 0 Å². The Morgan fingerprint density at radius 2 is 1.68 bits per heavy atom. The summed E-state index contributed by atoms with van der Waals surface area (Å²) in [6, 6.07) is 23.9. The van der Waals surface area contributed by atoms with Gasteiger partial charge in [0.05, 0.1) is 0 Å². The number of hydrogen-bond acceptors (Lipinski definition) is 5. The molecule has 0 fully saturated rings. The Morgan fingerprint density at radius 1 is 0.929 bits per heavy atom. The number of hydrogen-bond donors (Lipinski definition) is 1. The molecule has 3 aromatic carbocycles. The SMILES string of the molecule is Cn1nnnc1-c1cccc(NC(=O)c2ccc(Oc3ccccc3)cc2)c1. The number of benzene rings is 3. The molecule has 7 nitrogen and oxygen atoms in total. The highest BCUT2D eigenvalue weighted by atomic mass is 16.5. The number of carbonyl (C=O) groups excluding carboxylic acids is 1. The van der Waals surface area contributed by atoms with Gasteiger partial charge in [-0.2, -0.15) is 0 Å². The van der Waals surface area contributed by atoms with Gasteiger partial charge in [0.1, 0.15) is 11.5 Å². The van der Waals surface area contributed by atoms with Crippen LogP contribution in [0.2, 0.25) is 0 Å². The van der Waals surface area contributed by atoms with Gasteiger partial charge in [0.25, 0.3) is 5.91 Å². The monoisotopic (exact) mass is 371 g/mol. The molecule has 1 N–H and O–H groups in total. The molecule has 28 heavy (non-hydrogen) atoms. The number of rotatable bonds is 5. The van der Waals surface area contributed by atoms with Crippen LogP contribution in [-0.4, -0.2) is 26.1 Å². The molecule has 0 saturated heterocycles. The maximum atomic E-state index is 12.6. The lowest BCUT2D eigenvalue weighted by molar-refractivity contribution is 0.102. The first-order chi connectivity index (χ1) is 13.7. The molecule has 1 amide bonds. The summed E-state index contributed by atoms with van der Waals surface area (Å²) in [5.41, 5.74) is 2.01. The van der Waals surface area contributed by atoms with E-state index in [0.717, 1.165) is 11.3 Å². The lowest BCUT2D eigenvalue weighted by Gasteiger charge is -2.08. The van der Waals surface area contributed by atoms with E-state index in [1.807, 2.05) is 54.6 Å². The number of nitrogens with one attached hydrogen (secondary N) is 1. The molecule has 0 bridgehead atoms. The Morgan fingerprint density at radius 3 is 2.39 bits per heavy atom. The summed E-state index contributed by atoms with van der Waals surface area (Å²) in [4.78, 5) is 12.6. The molecule has 0 atom stereocenters. The second-order valence-corrected chi connectivity index (χ2v) is 6.10. The number of aryl methyl sites for hydroxylation is 1. The van der Waals surface area contributed by atoms with Crippen molar-refractivity contribution in [1.29, 1.82) is 0 Å². The van der Waals surface area contributed by atoms with Crippen LogP contribution in [0.15, 0.2) is 78.9 Å². The van der Waals surface area contributed by atoms with Gasteiger partial charge in [0.2, 0.25) is 0 Å². The van der Waals surface area contributed by atoms with E-state index in [1.54, 1.807) is 36.0 Å². The van der Waals surface area contributed by atoms with Gasteiger partial charge in [0.15, 0.2) is 5.82 Å². The molecule has 0 aliphatic rings. The highest BCUT2D eigenvalue weighted by Gasteiger charge is 2.10. The summed E-state index contributed by atoms with van der Waals surface area (Å²) in [7, 11) is 1.76. The van der Waals surface area contributed by atoms with Gasteiger partial charge >= 0.3 is 0 Å². The summed E-state index contributed by atoms with van der Waals surface area (Å²) in [6.45, 7) is 0. The molecule has 7 heteroatoms. The summed E-state index contributed by atoms with van der Waals surface area (Å²) >= 11 is 0. The predicted octanol–water partition coefficient (Wildman–Crippen LogP) is 3.92. The van der Waals surface area contributed by atoms with Crippen molar-refractivity contribution in [2.45, 2.75) is 0 Å². The molecular weight excluding hydrogens is 354 g/mol. The highest BCUT2D eigenvalue weighted by molar-refractivity contribution is 6.04. The van der Waals surface area contributed by atoms with Gasteiger partial charge in [-0.05, 0) is 59.0 Å². The zero-order valence-electron chi connectivity index (χ0n) is 15.1. The Balaban J connectivity index is 1.46. The van der Waals surface area contributed by atoms with Gasteiger partial charge in [-0.1, -0.05) is 30.3 Å². The number of para-hydroxylation sites is 1. The molecule has 0 unspecified atom stereocenters. The smallest absolute Gasteiger partial charge is 0.255 e. The Labute approximate surface area is 161 Å². The number of amides is 1. The van der Waals surface area contributed by atoms with E-state index in [4.69, 9.17) is 4.74 Å². The van der Waals surface area contributed by atoms with E-state index in [-0.39, 0.29) is 5.91 Å². The second-order valence-electron chi connectivity index (χ2n) is 6.10. The van der Waals surface area contributed by atoms with E-state index in [9.17, 15) is 4.79 Å². The predicted molar refractivity (Wildman–Crippen MR) is 105 cm³/mol. The fraction of sp³-hybridized carbons (Fsp3) is 0.0476. The maximum Gasteiger partial charge on any atom is 0.255 e.